The lowest BCUT2D eigenvalue weighted by Gasteiger charge is -2.11. The predicted molar refractivity (Wildman–Crippen MR) is 145 cm³/mol. The summed E-state index contributed by atoms with van der Waals surface area (Å²) in [5, 5.41) is 4.30. The van der Waals surface area contributed by atoms with Gasteiger partial charge in [0.05, 0.1) is 10.3 Å². The first-order valence-electron chi connectivity index (χ1n) is 10.8. The second-order valence-corrected chi connectivity index (χ2v) is 11.3. The molecule has 7 nitrogen and oxygen atoms in total. The highest BCUT2D eigenvalue weighted by Gasteiger charge is 2.19. The van der Waals surface area contributed by atoms with Crippen LogP contribution in [0.5, 0.6) is 0 Å². The van der Waals surface area contributed by atoms with Crippen molar-refractivity contribution in [3.8, 4) is 11.1 Å². The molecule has 0 aliphatic rings. The lowest BCUT2D eigenvalue weighted by molar-refractivity contribution is 0.601. The number of halogens is 1. The number of thiophene rings is 1. The molecule has 0 unspecified atom stereocenters. The van der Waals surface area contributed by atoms with Crippen LogP contribution in [0.3, 0.4) is 0 Å². The van der Waals surface area contributed by atoms with Crippen LogP contribution in [-0.4, -0.2) is 23.4 Å². The number of fused-ring (bicyclic) bond motifs is 1. The summed E-state index contributed by atoms with van der Waals surface area (Å²) in [6.07, 6.45) is 3.95. The van der Waals surface area contributed by atoms with Crippen molar-refractivity contribution in [1.29, 1.82) is 0 Å². The zero-order valence-corrected chi connectivity index (χ0v) is 21.8. The number of anilines is 3. The molecule has 0 saturated heterocycles. The molecule has 0 aliphatic carbocycles. The molecule has 176 valence electrons. The smallest absolute Gasteiger partial charge is 0.263 e. The number of aryl methyl sites for hydroxylation is 1. The van der Waals surface area contributed by atoms with Gasteiger partial charge in [-0.3, -0.25) is 4.72 Å². The highest BCUT2D eigenvalue weighted by Crippen LogP contribution is 2.42. The summed E-state index contributed by atoms with van der Waals surface area (Å²) in [5.41, 5.74) is 2.92. The van der Waals surface area contributed by atoms with Crippen molar-refractivity contribution in [3.63, 3.8) is 0 Å². The number of rotatable bonds is 7. The largest absolute Gasteiger partial charge is 0.340 e. The van der Waals surface area contributed by atoms with E-state index in [4.69, 9.17) is 0 Å². The lowest BCUT2D eigenvalue weighted by Crippen LogP contribution is -2.13. The fourth-order valence-corrected chi connectivity index (χ4v) is 6.09. The maximum Gasteiger partial charge on any atom is 0.263 e. The molecule has 0 amide bonds. The van der Waals surface area contributed by atoms with Gasteiger partial charge in [0.25, 0.3) is 10.0 Å². The van der Waals surface area contributed by atoms with Gasteiger partial charge in [-0.1, -0.05) is 41.1 Å². The summed E-state index contributed by atoms with van der Waals surface area (Å²) in [6, 6.07) is 19.8. The van der Waals surface area contributed by atoms with Crippen molar-refractivity contribution >= 4 is 64.8 Å². The van der Waals surface area contributed by atoms with Crippen molar-refractivity contribution in [2.45, 2.75) is 18.2 Å². The molecule has 0 bridgehead atoms. The van der Waals surface area contributed by atoms with Gasteiger partial charge >= 0.3 is 0 Å². The monoisotopic (exact) mass is 565 g/mol. The van der Waals surface area contributed by atoms with Gasteiger partial charge < -0.3 is 5.32 Å². The standard InChI is InChI=1S/C25H20BrN5O2S2/c1-2-20-22(16-6-8-17(26)9-7-16)23-24(28-15-29-25(23)34-20)30-18-10-12-19(13-11-18)35(32,33)31-21-5-3-4-14-27-21/h3-15H,2H2,1H3,(H,27,31)(H,28,29,30). The molecule has 35 heavy (non-hydrogen) atoms. The lowest BCUT2D eigenvalue weighted by atomic mass is 10.0. The summed E-state index contributed by atoms with van der Waals surface area (Å²) in [7, 11) is -3.75. The van der Waals surface area contributed by atoms with Crippen molar-refractivity contribution in [2.24, 2.45) is 0 Å². The quantitative estimate of drug-likeness (QED) is 0.230. The number of nitrogens with zero attached hydrogens (tertiary/aromatic N) is 3. The molecule has 2 N–H and O–H groups in total. The van der Waals surface area contributed by atoms with E-state index in [1.807, 2.05) is 12.1 Å². The number of benzene rings is 2. The maximum absolute atomic E-state index is 12.7. The van der Waals surface area contributed by atoms with Crippen molar-refractivity contribution in [1.82, 2.24) is 15.0 Å². The van der Waals surface area contributed by atoms with E-state index in [9.17, 15) is 8.42 Å². The van der Waals surface area contributed by atoms with E-state index in [1.165, 1.54) is 11.1 Å². The molecule has 0 spiro atoms. The predicted octanol–water partition coefficient (Wildman–Crippen LogP) is 6.62. The van der Waals surface area contributed by atoms with E-state index in [0.29, 0.717) is 11.5 Å². The molecule has 3 heterocycles. The van der Waals surface area contributed by atoms with Crippen molar-refractivity contribution < 1.29 is 8.42 Å². The zero-order valence-electron chi connectivity index (χ0n) is 18.6. The van der Waals surface area contributed by atoms with Gasteiger partial charge in [-0.15, -0.1) is 11.3 Å². The van der Waals surface area contributed by atoms with E-state index in [2.05, 4.69) is 60.0 Å². The Hall–Kier alpha value is -3.34. The number of hydrogen-bond donors (Lipinski definition) is 2. The number of hydrogen-bond acceptors (Lipinski definition) is 7. The molecule has 0 fully saturated rings. The average Bonchev–Trinajstić information content (AvgIpc) is 3.25. The van der Waals surface area contributed by atoms with Gasteiger partial charge in [0.2, 0.25) is 0 Å². The zero-order chi connectivity index (χ0) is 24.4. The summed E-state index contributed by atoms with van der Waals surface area (Å²) < 4.78 is 28.9. The van der Waals surface area contributed by atoms with Crippen molar-refractivity contribution in [3.05, 3.63) is 88.6 Å². The Labute approximate surface area is 215 Å². The van der Waals surface area contributed by atoms with E-state index in [0.717, 1.165) is 32.2 Å². The third kappa shape index (κ3) is 4.90. The Morgan fingerprint density at radius 2 is 1.71 bits per heavy atom. The molecule has 0 aliphatic heterocycles. The molecule has 10 heteroatoms. The van der Waals surface area contributed by atoms with Crippen LogP contribution in [0.25, 0.3) is 21.3 Å². The van der Waals surface area contributed by atoms with Gasteiger partial charge in [0.15, 0.2) is 0 Å². The maximum atomic E-state index is 12.7. The third-order valence-electron chi connectivity index (χ3n) is 5.35. The number of nitrogens with one attached hydrogen (secondary N) is 2. The molecule has 0 radical (unpaired) electrons. The van der Waals surface area contributed by atoms with Gasteiger partial charge in [0, 0.05) is 26.8 Å². The molecule has 5 rings (SSSR count). The van der Waals surface area contributed by atoms with Crippen LogP contribution in [-0.2, 0) is 16.4 Å². The molecule has 3 aromatic heterocycles. The van der Waals surface area contributed by atoms with Crippen LogP contribution < -0.4 is 10.0 Å². The SMILES string of the molecule is CCc1sc2ncnc(Nc3ccc(S(=O)(=O)Nc4ccccn4)cc3)c2c1-c1ccc(Br)cc1. The highest BCUT2D eigenvalue weighted by molar-refractivity contribution is 9.10. The van der Waals surface area contributed by atoms with Crippen LogP contribution in [0.4, 0.5) is 17.3 Å². The summed E-state index contributed by atoms with van der Waals surface area (Å²) in [5.74, 6) is 0.939. The van der Waals surface area contributed by atoms with Crippen LogP contribution in [0.15, 0.2) is 88.6 Å². The first-order valence-corrected chi connectivity index (χ1v) is 13.9. The summed E-state index contributed by atoms with van der Waals surface area (Å²) >= 11 is 5.16. The van der Waals surface area contributed by atoms with Crippen LogP contribution in [0, 0.1) is 0 Å². The van der Waals surface area contributed by atoms with Crippen LogP contribution >= 0.6 is 27.3 Å². The Kier molecular flexibility index (Phi) is 6.50. The Morgan fingerprint density at radius 1 is 0.943 bits per heavy atom. The Morgan fingerprint density at radius 3 is 2.40 bits per heavy atom. The van der Waals surface area contributed by atoms with Crippen LogP contribution in [0.2, 0.25) is 0 Å². The second-order valence-electron chi connectivity index (χ2n) is 7.63. The molecular weight excluding hydrogens is 546 g/mol. The number of sulfonamides is 1. The Bertz CT molecular complexity index is 1590. The number of pyridine rings is 1. The van der Waals surface area contributed by atoms with Gasteiger partial charge in [0.1, 0.15) is 22.8 Å². The first-order chi connectivity index (χ1) is 16.9. The minimum absolute atomic E-state index is 0.140. The topological polar surface area (TPSA) is 96.9 Å². The fraction of sp³-hybridized carbons (Fsp3) is 0.0800. The summed E-state index contributed by atoms with van der Waals surface area (Å²) in [6.45, 7) is 2.13. The highest BCUT2D eigenvalue weighted by atomic mass is 79.9. The average molecular weight is 567 g/mol. The second kappa shape index (κ2) is 9.73. The fourth-order valence-electron chi connectivity index (χ4n) is 3.72. The molecular formula is C25H20BrN5O2S2. The van der Waals surface area contributed by atoms with Gasteiger partial charge in [-0.05, 0) is 60.5 Å². The minimum Gasteiger partial charge on any atom is -0.340 e. The van der Waals surface area contributed by atoms with E-state index < -0.39 is 10.0 Å². The molecule has 0 saturated carbocycles. The van der Waals surface area contributed by atoms with E-state index in [1.54, 1.807) is 60.1 Å². The molecule has 0 atom stereocenters. The Balaban J connectivity index is 1.48. The third-order valence-corrected chi connectivity index (χ3v) is 8.49. The van der Waals surface area contributed by atoms with Crippen molar-refractivity contribution in [2.75, 3.05) is 10.0 Å². The van der Waals surface area contributed by atoms with Gasteiger partial charge in [-0.25, -0.2) is 23.4 Å². The van der Waals surface area contributed by atoms with Gasteiger partial charge in [-0.2, -0.15) is 0 Å². The first kappa shape index (κ1) is 23.4. The van der Waals surface area contributed by atoms with Crippen LogP contribution in [0.1, 0.15) is 11.8 Å². The van der Waals surface area contributed by atoms with E-state index in [-0.39, 0.29) is 10.7 Å². The van der Waals surface area contributed by atoms with E-state index >= 15 is 0 Å². The summed E-state index contributed by atoms with van der Waals surface area (Å²) in [4.78, 5) is 15.3. The molecule has 2 aromatic carbocycles. The number of aromatic nitrogens is 3. The normalized spacial score (nSPS) is 11.5. The minimum atomic E-state index is -3.75. The molecule has 5 aromatic rings.